The van der Waals surface area contributed by atoms with Gasteiger partial charge in [0, 0.05) is 49.5 Å². The Balaban J connectivity index is 1.53. The van der Waals surface area contributed by atoms with E-state index in [2.05, 4.69) is 15.2 Å². The third-order valence-electron chi connectivity index (χ3n) is 3.79. The largest absolute Gasteiger partial charge is 0.347 e. The Bertz CT molecular complexity index is 675. The quantitative estimate of drug-likeness (QED) is 0.919. The van der Waals surface area contributed by atoms with E-state index in [-0.39, 0.29) is 18.1 Å². The summed E-state index contributed by atoms with van der Waals surface area (Å²) in [6.45, 7) is 3.44. The number of aromatic nitrogens is 1. The predicted molar refractivity (Wildman–Crippen MR) is 90.4 cm³/mol. The van der Waals surface area contributed by atoms with Gasteiger partial charge in [-0.2, -0.15) is 0 Å². The number of carbonyl (C=O) groups is 1. The van der Waals surface area contributed by atoms with E-state index in [1.54, 1.807) is 17.5 Å². The van der Waals surface area contributed by atoms with Crippen LogP contribution in [0.3, 0.4) is 0 Å². The van der Waals surface area contributed by atoms with Crippen molar-refractivity contribution < 1.29 is 13.6 Å². The summed E-state index contributed by atoms with van der Waals surface area (Å²) in [4.78, 5) is 20.7. The molecule has 0 spiro atoms. The maximum atomic E-state index is 13.2. The van der Waals surface area contributed by atoms with Gasteiger partial charge in [-0.05, 0) is 18.6 Å². The summed E-state index contributed by atoms with van der Waals surface area (Å²) in [6, 6.07) is 2.98. The highest BCUT2D eigenvalue weighted by Gasteiger charge is 2.18. The first kappa shape index (κ1) is 16.8. The monoisotopic (exact) mass is 352 g/mol. The van der Waals surface area contributed by atoms with Crippen molar-refractivity contribution in [1.29, 1.82) is 0 Å². The van der Waals surface area contributed by atoms with Crippen LogP contribution in [0.2, 0.25) is 0 Å². The number of benzene rings is 1. The molecule has 0 radical (unpaired) electrons. The van der Waals surface area contributed by atoms with Crippen LogP contribution in [0, 0.1) is 11.6 Å². The molecule has 2 heterocycles. The summed E-state index contributed by atoms with van der Waals surface area (Å²) in [5, 5.41) is 5.49. The molecule has 1 N–H and O–H groups in total. The molecule has 8 heteroatoms. The van der Waals surface area contributed by atoms with Gasteiger partial charge in [-0.15, -0.1) is 11.3 Å². The van der Waals surface area contributed by atoms with E-state index in [9.17, 15) is 13.6 Å². The summed E-state index contributed by atoms with van der Waals surface area (Å²) in [5.74, 6) is -1.69. The third-order valence-corrected chi connectivity index (χ3v) is 4.62. The number of hydrogen-bond acceptors (Lipinski definition) is 5. The highest BCUT2D eigenvalue weighted by atomic mass is 32.1. The molecule has 0 aliphatic carbocycles. The molecule has 128 valence electrons. The van der Waals surface area contributed by atoms with Crippen molar-refractivity contribution in [3.05, 3.63) is 41.4 Å². The lowest BCUT2D eigenvalue weighted by molar-refractivity contribution is -0.117. The SMILES string of the molecule is O=C(CN1CCCN(c2nccs2)CC1)Nc1cc(F)cc(F)c1. The van der Waals surface area contributed by atoms with Gasteiger partial charge in [-0.1, -0.05) is 0 Å². The molecule has 2 aromatic rings. The fourth-order valence-corrected chi connectivity index (χ4v) is 3.42. The summed E-state index contributed by atoms with van der Waals surface area (Å²) >= 11 is 1.60. The number of rotatable bonds is 4. The lowest BCUT2D eigenvalue weighted by Crippen LogP contribution is -2.36. The first-order valence-corrected chi connectivity index (χ1v) is 8.61. The van der Waals surface area contributed by atoms with Gasteiger partial charge in [0.1, 0.15) is 11.6 Å². The molecule has 0 atom stereocenters. The molecule has 1 amide bonds. The number of anilines is 2. The van der Waals surface area contributed by atoms with Crippen LogP contribution in [0.1, 0.15) is 6.42 Å². The fraction of sp³-hybridized carbons (Fsp3) is 0.375. The van der Waals surface area contributed by atoms with Crippen molar-refractivity contribution in [2.24, 2.45) is 0 Å². The van der Waals surface area contributed by atoms with E-state index in [0.29, 0.717) is 0 Å². The smallest absolute Gasteiger partial charge is 0.238 e. The van der Waals surface area contributed by atoms with E-state index < -0.39 is 11.6 Å². The van der Waals surface area contributed by atoms with Crippen LogP contribution in [0.25, 0.3) is 0 Å². The minimum Gasteiger partial charge on any atom is -0.347 e. The lowest BCUT2D eigenvalue weighted by atomic mass is 10.3. The zero-order valence-corrected chi connectivity index (χ0v) is 13.9. The van der Waals surface area contributed by atoms with Crippen molar-refractivity contribution in [3.63, 3.8) is 0 Å². The number of nitrogens with one attached hydrogen (secondary N) is 1. The van der Waals surface area contributed by atoms with Crippen LogP contribution < -0.4 is 10.2 Å². The van der Waals surface area contributed by atoms with E-state index in [4.69, 9.17) is 0 Å². The summed E-state index contributed by atoms with van der Waals surface area (Å²) < 4.78 is 26.3. The fourth-order valence-electron chi connectivity index (χ4n) is 2.72. The van der Waals surface area contributed by atoms with E-state index in [1.807, 2.05) is 10.3 Å². The molecular weight excluding hydrogens is 334 g/mol. The van der Waals surface area contributed by atoms with Crippen LogP contribution >= 0.6 is 11.3 Å². The molecule has 1 aliphatic heterocycles. The maximum Gasteiger partial charge on any atom is 0.238 e. The van der Waals surface area contributed by atoms with Crippen LogP contribution in [0.4, 0.5) is 19.6 Å². The van der Waals surface area contributed by atoms with Crippen molar-refractivity contribution in [2.45, 2.75) is 6.42 Å². The standard InChI is InChI=1S/C16H18F2N4OS/c17-12-8-13(18)10-14(9-12)20-15(23)11-21-3-1-4-22(6-5-21)16-19-2-7-24-16/h2,7-10H,1,3-6,11H2,(H,20,23). The molecule has 0 unspecified atom stereocenters. The molecule has 0 bridgehead atoms. The molecule has 1 aromatic heterocycles. The molecule has 1 fully saturated rings. The average molecular weight is 352 g/mol. The zero-order valence-electron chi connectivity index (χ0n) is 13.0. The number of halogens is 2. The molecule has 1 aromatic carbocycles. The Kier molecular flexibility index (Phi) is 5.37. The van der Waals surface area contributed by atoms with Crippen molar-refractivity contribution in [2.75, 3.05) is 42.9 Å². The van der Waals surface area contributed by atoms with Gasteiger partial charge in [0.2, 0.25) is 5.91 Å². The van der Waals surface area contributed by atoms with Gasteiger partial charge < -0.3 is 10.2 Å². The van der Waals surface area contributed by atoms with E-state index in [0.717, 1.165) is 55.9 Å². The second-order valence-corrected chi connectivity index (χ2v) is 6.51. The molecule has 3 rings (SSSR count). The topological polar surface area (TPSA) is 48.5 Å². The number of hydrogen-bond donors (Lipinski definition) is 1. The Morgan fingerprint density at radius 3 is 2.67 bits per heavy atom. The second kappa shape index (κ2) is 7.67. The Labute approximate surface area is 142 Å². The van der Waals surface area contributed by atoms with Crippen molar-refractivity contribution in [3.8, 4) is 0 Å². The molecule has 1 aliphatic rings. The number of nitrogens with zero attached hydrogens (tertiary/aromatic N) is 3. The minimum atomic E-state index is -0.709. The van der Waals surface area contributed by atoms with Gasteiger partial charge in [0.15, 0.2) is 5.13 Å². The first-order chi connectivity index (χ1) is 11.6. The Morgan fingerprint density at radius 1 is 1.17 bits per heavy atom. The first-order valence-electron chi connectivity index (χ1n) is 7.73. The number of carbonyl (C=O) groups excluding carboxylic acids is 1. The second-order valence-electron chi connectivity index (χ2n) is 5.64. The number of thiazole rings is 1. The lowest BCUT2D eigenvalue weighted by Gasteiger charge is -2.21. The summed E-state index contributed by atoms with van der Waals surface area (Å²) in [5.41, 5.74) is 0.136. The highest BCUT2D eigenvalue weighted by molar-refractivity contribution is 7.13. The van der Waals surface area contributed by atoms with Gasteiger partial charge in [0.05, 0.1) is 6.54 Å². The maximum absolute atomic E-state index is 13.2. The number of amides is 1. The molecule has 5 nitrogen and oxygen atoms in total. The van der Waals surface area contributed by atoms with Gasteiger partial charge in [-0.3, -0.25) is 9.69 Å². The van der Waals surface area contributed by atoms with Crippen molar-refractivity contribution in [1.82, 2.24) is 9.88 Å². The predicted octanol–water partition coefficient (Wildman–Crippen LogP) is 2.57. The molecule has 24 heavy (non-hydrogen) atoms. The molecular formula is C16H18F2N4OS. The van der Waals surface area contributed by atoms with Crippen LogP contribution in [0.15, 0.2) is 29.8 Å². The van der Waals surface area contributed by atoms with Crippen LogP contribution in [-0.4, -0.2) is 48.5 Å². The Morgan fingerprint density at radius 2 is 1.96 bits per heavy atom. The normalized spacial score (nSPS) is 16.0. The third kappa shape index (κ3) is 4.48. The van der Waals surface area contributed by atoms with E-state index >= 15 is 0 Å². The average Bonchev–Trinajstić information content (AvgIpc) is 2.94. The van der Waals surface area contributed by atoms with E-state index in [1.165, 1.54) is 0 Å². The molecule has 0 saturated carbocycles. The van der Waals surface area contributed by atoms with Gasteiger partial charge in [0.25, 0.3) is 0 Å². The molecule has 1 saturated heterocycles. The minimum absolute atomic E-state index is 0.136. The summed E-state index contributed by atoms with van der Waals surface area (Å²) in [6.07, 6.45) is 2.72. The summed E-state index contributed by atoms with van der Waals surface area (Å²) in [7, 11) is 0. The Hall–Kier alpha value is -2.06. The van der Waals surface area contributed by atoms with Crippen LogP contribution in [-0.2, 0) is 4.79 Å². The van der Waals surface area contributed by atoms with Crippen molar-refractivity contribution >= 4 is 28.1 Å². The van der Waals surface area contributed by atoms with Gasteiger partial charge in [-0.25, -0.2) is 13.8 Å². The van der Waals surface area contributed by atoms with Crippen LogP contribution in [0.5, 0.6) is 0 Å². The highest BCUT2D eigenvalue weighted by Crippen LogP contribution is 2.19. The van der Waals surface area contributed by atoms with Gasteiger partial charge >= 0.3 is 0 Å². The zero-order chi connectivity index (χ0) is 16.9.